The molecule has 1 N–H and O–H groups in total. The molecule has 38 valence electrons. The Morgan fingerprint density at radius 1 is 1.86 bits per heavy atom. The Balaban J connectivity index is 3.04. The first-order chi connectivity index (χ1) is 3.29. The second-order valence-corrected chi connectivity index (χ2v) is 2.80. The van der Waals surface area contributed by atoms with Crippen molar-refractivity contribution in [2.45, 2.75) is 6.92 Å². The van der Waals surface area contributed by atoms with Gasteiger partial charge in [0.05, 0.1) is 5.38 Å². The summed E-state index contributed by atoms with van der Waals surface area (Å²) in [5, 5.41) is 1.97. The number of aromatic amines is 1. The standard InChI is InChI=1S/C4H4ClNS/c1-3-2-7-4(5)6-3/h2H,1H3/p+1. The molecule has 7 heavy (non-hydrogen) atoms. The van der Waals surface area contributed by atoms with Gasteiger partial charge >= 0.3 is 4.47 Å². The van der Waals surface area contributed by atoms with Gasteiger partial charge in [0.1, 0.15) is 0 Å². The second kappa shape index (κ2) is 1.80. The first-order valence-corrected chi connectivity index (χ1v) is 3.18. The maximum atomic E-state index is 5.52. The van der Waals surface area contributed by atoms with Crippen molar-refractivity contribution in [2.75, 3.05) is 0 Å². The lowest BCUT2D eigenvalue weighted by Crippen LogP contribution is -1.99. The van der Waals surface area contributed by atoms with Gasteiger partial charge in [0.2, 0.25) is 0 Å². The minimum absolute atomic E-state index is 0.748. The van der Waals surface area contributed by atoms with Crippen molar-refractivity contribution in [1.82, 2.24) is 0 Å². The number of rotatable bonds is 0. The quantitative estimate of drug-likeness (QED) is 0.511. The molecule has 1 rings (SSSR count). The van der Waals surface area contributed by atoms with Gasteiger partial charge in [-0.1, -0.05) is 11.3 Å². The zero-order valence-electron chi connectivity index (χ0n) is 3.86. The first kappa shape index (κ1) is 5.06. The minimum atomic E-state index is 0.748. The average molecular weight is 135 g/mol. The molecular formula is C4H5ClNS+. The van der Waals surface area contributed by atoms with Crippen LogP contribution in [0.4, 0.5) is 0 Å². The highest BCUT2D eigenvalue weighted by Gasteiger charge is 1.97. The number of aryl methyl sites for hydroxylation is 1. The van der Waals surface area contributed by atoms with Gasteiger partial charge < -0.3 is 0 Å². The maximum absolute atomic E-state index is 5.52. The number of nitrogens with one attached hydrogen (secondary N) is 1. The summed E-state index contributed by atoms with van der Waals surface area (Å²) in [5.41, 5.74) is 1.12. The fourth-order valence-corrected chi connectivity index (χ4v) is 1.20. The predicted molar refractivity (Wildman–Crippen MR) is 30.6 cm³/mol. The van der Waals surface area contributed by atoms with Crippen LogP contribution in [0.2, 0.25) is 4.47 Å². The van der Waals surface area contributed by atoms with Crippen LogP contribution in [0.1, 0.15) is 5.69 Å². The molecular weight excluding hydrogens is 130 g/mol. The smallest absolute Gasteiger partial charge is 0.189 e. The van der Waals surface area contributed by atoms with Crippen LogP contribution in [0.25, 0.3) is 0 Å². The zero-order chi connectivity index (χ0) is 5.28. The minimum Gasteiger partial charge on any atom is -0.189 e. The lowest BCUT2D eigenvalue weighted by Gasteiger charge is -1.59. The third kappa shape index (κ3) is 1.14. The second-order valence-electron chi connectivity index (χ2n) is 1.32. The van der Waals surface area contributed by atoms with Crippen molar-refractivity contribution in [3.8, 4) is 0 Å². The summed E-state index contributed by atoms with van der Waals surface area (Å²) in [6.45, 7) is 1.97. The highest BCUT2D eigenvalue weighted by molar-refractivity contribution is 7.13. The van der Waals surface area contributed by atoms with E-state index in [1.165, 1.54) is 11.3 Å². The molecule has 1 nitrogen and oxygen atoms in total. The molecule has 0 atom stereocenters. The zero-order valence-corrected chi connectivity index (χ0v) is 5.44. The van der Waals surface area contributed by atoms with Gasteiger partial charge in [-0.15, -0.1) is 0 Å². The molecule has 0 unspecified atom stereocenters. The van der Waals surface area contributed by atoms with Crippen LogP contribution >= 0.6 is 22.9 Å². The molecule has 1 aromatic rings. The number of hydrogen-bond donors (Lipinski definition) is 0. The first-order valence-electron chi connectivity index (χ1n) is 1.92. The Hall–Kier alpha value is -0.0800. The van der Waals surface area contributed by atoms with E-state index in [4.69, 9.17) is 11.6 Å². The van der Waals surface area contributed by atoms with Gasteiger partial charge in [-0.25, -0.2) is 0 Å². The van der Waals surface area contributed by atoms with Gasteiger partial charge in [0.15, 0.2) is 5.69 Å². The topological polar surface area (TPSA) is 14.1 Å². The van der Waals surface area contributed by atoms with Crippen molar-refractivity contribution in [1.29, 1.82) is 0 Å². The van der Waals surface area contributed by atoms with Crippen molar-refractivity contribution in [3.63, 3.8) is 0 Å². The van der Waals surface area contributed by atoms with E-state index in [0.717, 1.165) is 10.2 Å². The summed E-state index contributed by atoms with van der Waals surface area (Å²) < 4.78 is 0.748. The normalized spacial score (nSPS) is 9.43. The van der Waals surface area contributed by atoms with Crippen LogP contribution in [0.15, 0.2) is 5.38 Å². The number of hydrogen-bond acceptors (Lipinski definition) is 1. The molecule has 0 aliphatic rings. The van der Waals surface area contributed by atoms with E-state index in [-0.39, 0.29) is 0 Å². The summed E-state index contributed by atoms with van der Waals surface area (Å²) >= 11 is 7.04. The Bertz CT molecular complexity index is 144. The maximum Gasteiger partial charge on any atom is 0.331 e. The highest BCUT2D eigenvalue weighted by Crippen LogP contribution is 2.07. The van der Waals surface area contributed by atoms with E-state index >= 15 is 0 Å². The van der Waals surface area contributed by atoms with E-state index in [2.05, 4.69) is 4.98 Å². The molecule has 0 saturated carbocycles. The lowest BCUT2D eigenvalue weighted by atomic mass is 10.6. The molecule has 0 aliphatic heterocycles. The summed E-state index contributed by atoms with van der Waals surface area (Å²) in [4.78, 5) is 2.92. The van der Waals surface area contributed by atoms with Gasteiger partial charge in [-0.2, -0.15) is 4.98 Å². The van der Waals surface area contributed by atoms with Gasteiger partial charge in [0, 0.05) is 18.5 Å². The van der Waals surface area contributed by atoms with E-state index in [0.29, 0.717) is 0 Å². The average Bonchev–Trinajstić information content (AvgIpc) is 1.87. The third-order valence-corrected chi connectivity index (χ3v) is 1.78. The molecule has 0 spiro atoms. The van der Waals surface area contributed by atoms with Crippen molar-refractivity contribution in [3.05, 3.63) is 15.5 Å². The van der Waals surface area contributed by atoms with Crippen LogP contribution in [0.5, 0.6) is 0 Å². The molecule has 3 heteroatoms. The fourth-order valence-electron chi connectivity index (χ4n) is 0.354. The monoisotopic (exact) mass is 134 g/mol. The van der Waals surface area contributed by atoms with Crippen LogP contribution in [-0.4, -0.2) is 0 Å². The Morgan fingerprint density at radius 2 is 2.57 bits per heavy atom. The number of halogens is 1. The SMILES string of the molecule is Cc1csc(Cl)[nH+]1. The van der Waals surface area contributed by atoms with Crippen molar-refractivity contribution in [2.24, 2.45) is 0 Å². The number of H-pyrrole nitrogens is 1. The Morgan fingerprint density at radius 3 is 2.71 bits per heavy atom. The van der Waals surface area contributed by atoms with Gasteiger partial charge in [0.25, 0.3) is 0 Å². The van der Waals surface area contributed by atoms with Crippen LogP contribution in [-0.2, 0) is 0 Å². The summed E-state index contributed by atoms with van der Waals surface area (Å²) in [7, 11) is 0. The van der Waals surface area contributed by atoms with E-state index in [9.17, 15) is 0 Å². The van der Waals surface area contributed by atoms with E-state index < -0.39 is 0 Å². The molecule has 0 saturated heterocycles. The van der Waals surface area contributed by atoms with Crippen LogP contribution in [0.3, 0.4) is 0 Å². The number of aromatic nitrogens is 1. The lowest BCUT2D eigenvalue weighted by molar-refractivity contribution is -0.377. The van der Waals surface area contributed by atoms with Crippen LogP contribution < -0.4 is 4.98 Å². The molecule has 0 radical (unpaired) electrons. The Kier molecular flexibility index (Phi) is 1.30. The summed E-state index contributed by atoms with van der Waals surface area (Å²) in [6.07, 6.45) is 0. The summed E-state index contributed by atoms with van der Waals surface area (Å²) in [5.74, 6) is 0. The number of thiazole rings is 1. The van der Waals surface area contributed by atoms with Crippen LogP contribution in [0, 0.1) is 6.92 Å². The molecule has 0 aliphatic carbocycles. The molecule has 0 amide bonds. The molecule has 0 aromatic carbocycles. The van der Waals surface area contributed by atoms with E-state index in [1.54, 1.807) is 0 Å². The van der Waals surface area contributed by atoms with E-state index in [1.807, 2.05) is 12.3 Å². The molecule has 0 bridgehead atoms. The largest absolute Gasteiger partial charge is 0.331 e. The van der Waals surface area contributed by atoms with Crippen molar-refractivity contribution >= 4 is 22.9 Å². The fraction of sp³-hybridized carbons (Fsp3) is 0.250. The molecule has 0 fully saturated rings. The summed E-state index contributed by atoms with van der Waals surface area (Å²) in [6, 6.07) is 0. The molecule has 1 heterocycles. The predicted octanol–water partition coefficient (Wildman–Crippen LogP) is 1.52. The Labute approximate surface area is 51.0 Å². The molecule has 1 aromatic heterocycles. The van der Waals surface area contributed by atoms with Crippen molar-refractivity contribution < 1.29 is 4.98 Å². The van der Waals surface area contributed by atoms with Gasteiger partial charge in [-0.3, -0.25) is 0 Å². The van der Waals surface area contributed by atoms with Gasteiger partial charge in [-0.05, 0) is 0 Å². The third-order valence-electron chi connectivity index (χ3n) is 0.635. The highest BCUT2D eigenvalue weighted by atomic mass is 35.5.